The maximum atomic E-state index is 14.9. The number of anilines is 2. The summed E-state index contributed by atoms with van der Waals surface area (Å²) in [6.07, 6.45) is 5.19. The van der Waals surface area contributed by atoms with E-state index in [1.807, 2.05) is 6.92 Å². The zero-order valence-corrected chi connectivity index (χ0v) is 13.9. The van der Waals surface area contributed by atoms with Crippen LogP contribution in [0, 0.1) is 12.7 Å². The first-order valence-corrected chi connectivity index (χ1v) is 8.28. The maximum absolute atomic E-state index is 14.9. The number of halogens is 1. The fourth-order valence-electron chi connectivity index (χ4n) is 4.19. The molecule has 4 nitrogen and oxygen atoms in total. The Morgan fingerprint density at radius 1 is 1.33 bits per heavy atom. The molecule has 0 saturated heterocycles. The van der Waals surface area contributed by atoms with Gasteiger partial charge in [0, 0.05) is 40.5 Å². The van der Waals surface area contributed by atoms with E-state index in [1.54, 1.807) is 18.3 Å². The highest BCUT2D eigenvalue weighted by molar-refractivity contribution is 6.00. The smallest absolute Gasteiger partial charge is 0.164 e. The van der Waals surface area contributed by atoms with Gasteiger partial charge in [0.15, 0.2) is 5.78 Å². The molecule has 4 rings (SSSR count). The molecule has 1 aliphatic carbocycles. The van der Waals surface area contributed by atoms with Crippen LogP contribution < -0.4 is 11.1 Å². The lowest BCUT2D eigenvalue weighted by atomic mass is 9.64. The number of Topliss-reactive ketones (excluding diaryl/α,β-unsaturated/α-hetero) is 1. The summed E-state index contributed by atoms with van der Waals surface area (Å²) < 4.78 is 14.9. The number of nitrogen functional groups attached to an aromatic ring is 1. The van der Waals surface area contributed by atoms with Crippen molar-refractivity contribution in [2.45, 2.75) is 38.5 Å². The summed E-state index contributed by atoms with van der Waals surface area (Å²) in [7, 11) is 0. The highest BCUT2D eigenvalue weighted by atomic mass is 19.1. The van der Waals surface area contributed by atoms with Gasteiger partial charge in [0.05, 0.1) is 5.56 Å². The van der Waals surface area contributed by atoms with Gasteiger partial charge in [0.2, 0.25) is 0 Å². The molecule has 0 unspecified atom stereocenters. The van der Waals surface area contributed by atoms with E-state index in [2.05, 4.69) is 10.3 Å². The number of nitrogens with zero attached hydrogens (tertiary/aromatic N) is 1. The first-order chi connectivity index (χ1) is 11.4. The highest BCUT2D eigenvalue weighted by Crippen LogP contribution is 2.52. The molecule has 5 heteroatoms. The van der Waals surface area contributed by atoms with Crippen LogP contribution in [0.5, 0.6) is 0 Å². The Labute approximate surface area is 140 Å². The summed E-state index contributed by atoms with van der Waals surface area (Å²) in [4.78, 5) is 16.3. The first-order valence-electron chi connectivity index (χ1n) is 8.28. The van der Waals surface area contributed by atoms with Crippen molar-refractivity contribution in [2.75, 3.05) is 17.6 Å². The van der Waals surface area contributed by atoms with Gasteiger partial charge in [-0.25, -0.2) is 9.37 Å². The van der Waals surface area contributed by atoms with Crippen molar-refractivity contribution in [1.29, 1.82) is 0 Å². The molecule has 0 amide bonds. The van der Waals surface area contributed by atoms with Gasteiger partial charge in [-0.3, -0.25) is 4.79 Å². The van der Waals surface area contributed by atoms with Gasteiger partial charge in [-0.15, -0.1) is 0 Å². The molecule has 1 aromatic carbocycles. The van der Waals surface area contributed by atoms with Gasteiger partial charge in [0.25, 0.3) is 0 Å². The first kappa shape index (κ1) is 15.1. The zero-order valence-electron chi connectivity index (χ0n) is 13.9. The lowest BCUT2D eigenvalue weighted by Crippen LogP contribution is -2.36. The minimum atomic E-state index is -0.555. The second-order valence-corrected chi connectivity index (χ2v) is 6.96. The predicted molar refractivity (Wildman–Crippen MR) is 92.8 cm³/mol. The SMILES string of the molecule is CC(=O)c1c(N)ccc(-c2cnc3c(c2C)C2(CCC2)CN3)c1F. The second-order valence-electron chi connectivity index (χ2n) is 6.96. The van der Waals surface area contributed by atoms with Crippen molar-refractivity contribution in [2.24, 2.45) is 0 Å². The summed E-state index contributed by atoms with van der Waals surface area (Å²) >= 11 is 0. The molecule has 1 fully saturated rings. The molecule has 1 saturated carbocycles. The Morgan fingerprint density at radius 3 is 2.71 bits per heavy atom. The molecule has 124 valence electrons. The largest absolute Gasteiger partial charge is 0.398 e. The Hall–Kier alpha value is -2.43. The number of aromatic nitrogens is 1. The average molecular weight is 325 g/mol. The van der Waals surface area contributed by atoms with Crippen molar-refractivity contribution < 1.29 is 9.18 Å². The summed E-state index contributed by atoms with van der Waals surface area (Å²) in [6.45, 7) is 4.26. The number of fused-ring (bicyclic) bond motifs is 2. The Bertz CT molecular complexity index is 871. The number of carbonyl (C=O) groups excluding carboxylic acids is 1. The topological polar surface area (TPSA) is 68.0 Å². The normalized spacial score (nSPS) is 17.3. The van der Waals surface area contributed by atoms with Crippen LogP contribution in [-0.4, -0.2) is 17.3 Å². The Kier molecular flexibility index (Phi) is 3.17. The molecule has 0 bridgehead atoms. The van der Waals surface area contributed by atoms with Gasteiger partial charge in [0.1, 0.15) is 11.6 Å². The van der Waals surface area contributed by atoms with Crippen molar-refractivity contribution in [3.8, 4) is 11.1 Å². The number of benzene rings is 1. The number of rotatable bonds is 2. The average Bonchev–Trinajstić information content (AvgIpc) is 2.89. The number of nitrogens with two attached hydrogens (primary N) is 1. The van der Waals surface area contributed by atoms with Crippen LogP contribution in [0.25, 0.3) is 11.1 Å². The minimum absolute atomic E-state index is 0.0381. The molecule has 0 radical (unpaired) electrons. The summed E-state index contributed by atoms with van der Waals surface area (Å²) in [6, 6.07) is 3.24. The number of nitrogens with one attached hydrogen (secondary N) is 1. The van der Waals surface area contributed by atoms with E-state index < -0.39 is 5.82 Å². The van der Waals surface area contributed by atoms with Crippen molar-refractivity contribution in [1.82, 2.24) is 4.98 Å². The van der Waals surface area contributed by atoms with Crippen molar-refractivity contribution in [3.63, 3.8) is 0 Å². The Balaban J connectivity index is 1.92. The van der Waals surface area contributed by atoms with E-state index in [4.69, 9.17) is 5.73 Å². The van der Waals surface area contributed by atoms with Gasteiger partial charge in [-0.1, -0.05) is 6.42 Å². The van der Waals surface area contributed by atoms with Gasteiger partial charge < -0.3 is 11.1 Å². The Morgan fingerprint density at radius 2 is 2.08 bits per heavy atom. The molecule has 1 spiro atoms. The van der Waals surface area contributed by atoms with E-state index >= 15 is 0 Å². The van der Waals surface area contributed by atoms with Crippen molar-refractivity contribution >= 4 is 17.3 Å². The van der Waals surface area contributed by atoms with E-state index in [-0.39, 0.29) is 22.4 Å². The lowest BCUT2D eigenvalue weighted by molar-refractivity contribution is 0.101. The van der Waals surface area contributed by atoms with E-state index in [1.165, 1.54) is 18.9 Å². The van der Waals surface area contributed by atoms with Crippen LogP contribution in [0.4, 0.5) is 15.9 Å². The van der Waals surface area contributed by atoms with Crippen LogP contribution >= 0.6 is 0 Å². The van der Waals surface area contributed by atoms with Crippen LogP contribution in [0.1, 0.15) is 47.7 Å². The summed E-state index contributed by atoms with van der Waals surface area (Å²) in [5.41, 5.74) is 9.46. The predicted octanol–water partition coefficient (Wildman–Crippen LogP) is 3.83. The number of hydrogen-bond acceptors (Lipinski definition) is 4. The maximum Gasteiger partial charge on any atom is 0.164 e. The fraction of sp³-hybridized carbons (Fsp3) is 0.368. The van der Waals surface area contributed by atoms with Crippen LogP contribution in [0.3, 0.4) is 0 Å². The minimum Gasteiger partial charge on any atom is -0.398 e. The molecular formula is C19H20FN3O. The van der Waals surface area contributed by atoms with E-state index in [9.17, 15) is 9.18 Å². The summed E-state index contributed by atoms with van der Waals surface area (Å²) in [5.74, 6) is -0.00434. The lowest BCUT2D eigenvalue weighted by Gasteiger charge is -2.39. The van der Waals surface area contributed by atoms with Gasteiger partial charge >= 0.3 is 0 Å². The molecular weight excluding hydrogens is 305 g/mol. The third kappa shape index (κ3) is 1.90. The van der Waals surface area contributed by atoms with Crippen LogP contribution in [-0.2, 0) is 5.41 Å². The molecule has 24 heavy (non-hydrogen) atoms. The fourth-order valence-corrected chi connectivity index (χ4v) is 4.19. The number of pyridine rings is 1. The quantitative estimate of drug-likeness (QED) is 0.650. The van der Waals surface area contributed by atoms with E-state index in [0.717, 1.165) is 36.3 Å². The summed E-state index contributed by atoms with van der Waals surface area (Å²) in [5, 5.41) is 3.39. The standard InChI is InChI=1S/C19H20FN3O/c1-10-13(12-4-5-14(21)15(11(2)24)17(12)20)8-22-18-16(10)19(9-23-18)6-3-7-19/h4-5,8H,3,6-7,9,21H2,1-2H3,(H,22,23). The number of carbonyl (C=O) groups is 1. The van der Waals surface area contributed by atoms with Gasteiger partial charge in [-0.2, -0.15) is 0 Å². The molecule has 3 N–H and O–H groups in total. The number of hydrogen-bond donors (Lipinski definition) is 2. The molecule has 1 aromatic heterocycles. The molecule has 0 atom stereocenters. The highest BCUT2D eigenvalue weighted by Gasteiger charge is 2.46. The number of ketones is 1. The monoisotopic (exact) mass is 325 g/mol. The molecule has 1 aliphatic heterocycles. The molecule has 2 aliphatic rings. The van der Waals surface area contributed by atoms with Crippen LogP contribution in [0.15, 0.2) is 18.3 Å². The zero-order chi connectivity index (χ0) is 17.1. The van der Waals surface area contributed by atoms with Crippen molar-refractivity contribution in [3.05, 3.63) is 40.8 Å². The third-order valence-corrected chi connectivity index (χ3v) is 5.59. The third-order valence-electron chi connectivity index (χ3n) is 5.59. The molecule has 2 heterocycles. The van der Waals surface area contributed by atoms with E-state index in [0.29, 0.717) is 5.56 Å². The second kappa shape index (κ2) is 5.03. The van der Waals surface area contributed by atoms with Crippen LogP contribution in [0.2, 0.25) is 0 Å². The molecule has 2 aromatic rings. The van der Waals surface area contributed by atoms with Gasteiger partial charge in [-0.05, 0) is 44.4 Å².